The Morgan fingerprint density at radius 2 is 0.880 bits per heavy atom. The van der Waals surface area contributed by atoms with E-state index in [2.05, 4.69) is 0 Å². The van der Waals surface area contributed by atoms with E-state index in [0.717, 1.165) is 24.3 Å². The van der Waals surface area contributed by atoms with Gasteiger partial charge in [-0.25, -0.2) is 0 Å². The molecule has 2 aromatic rings. The van der Waals surface area contributed by atoms with Gasteiger partial charge in [-0.2, -0.15) is 26.3 Å². The number of amides is 2. The quantitative estimate of drug-likeness (QED) is 0.641. The minimum atomic E-state index is -4.56. The molecule has 0 aliphatic carbocycles. The van der Waals surface area contributed by atoms with E-state index < -0.39 is 35.3 Å². The fraction of sp³-hybridized carbons (Fsp3) is 0.125. The van der Waals surface area contributed by atoms with Gasteiger partial charge in [0.25, 0.3) is 11.8 Å². The number of carbonyl (C=O) groups excluding carboxylic acids is 2. The summed E-state index contributed by atoms with van der Waals surface area (Å²) in [7, 11) is 0. The maximum absolute atomic E-state index is 12.4. The number of nitrogens with one attached hydrogen (secondary N) is 1. The third-order valence-corrected chi connectivity index (χ3v) is 3.18. The highest BCUT2D eigenvalue weighted by molar-refractivity contribution is 6.10. The molecule has 3 nitrogen and oxygen atoms in total. The summed E-state index contributed by atoms with van der Waals surface area (Å²) in [5.41, 5.74) is -2.32. The van der Waals surface area contributed by atoms with Gasteiger partial charge in [0, 0.05) is 11.1 Å². The lowest BCUT2D eigenvalue weighted by Crippen LogP contribution is -2.30. The zero-order valence-electron chi connectivity index (χ0n) is 12.2. The maximum atomic E-state index is 12.4. The third kappa shape index (κ3) is 4.59. The Morgan fingerprint density at radius 3 is 1.12 bits per heavy atom. The van der Waals surface area contributed by atoms with Gasteiger partial charge in [-0.3, -0.25) is 14.9 Å². The monoisotopic (exact) mass is 361 g/mol. The van der Waals surface area contributed by atoms with E-state index in [1.807, 2.05) is 5.32 Å². The van der Waals surface area contributed by atoms with Crippen LogP contribution in [0.3, 0.4) is 0 Å². The van der Waals surface area contributed by atoms with Crippen LogP contribution in [0, 0.1) is 0 Å². The first-order valence-electron chi connectivity index (χ1n) is 6.68. The lowest BCUT2D eigenvalue weighted by molar-refractivity contribution is -0.138. The molecule has 0 unspecified atom stereocenters. The Balaban J connectivity index is 2.08. The number of halogens is 6. The molecule has 0 bridgehead atoms. The van der Waals surface area contributed by atoms with Gasteiger partial charge in [0.05, 0.1) is 11.1 Å². The summed E-state index contributed by atoms with van der Waals surface area (Å²) >= 11 is 0. The standard InChI is InChI=1S/C16H9F6NO2/c17-15(18,19)11-5-1-9(2-6-11)13(24)23-14(25)10-3-7-12(8-4-10)16(20,21)22/h1-8H,(H,23,24,25). The Bertz CT molecular complexity index is 709. The summed E-state index contributed by atoms with van der Waals surface area (Å²) in [5, 5.41) is 1.89. The lowest BCUT2D eigenvalue weighted by atomic mass is 10.1. The summed E-state index contributed by atoms with van der Waals surface area (Å²) < 4.78 is 74.6. The van der Waals surface area contributed by atoms with Crippen LogP contribution in [0.2, 0.25) is 0 Å². The predicted octanol–water partition coefficient (Wildman–Crippen LogP) is 4.29. The molecule has 2 rings (SSSR count). The van der Waals surface area contributed by atoms with E-state index in [1.54, 1.807) is 0 Å². The average molecular weight is 361 g/mol. The third-order valence-electron chi connectivity index (χ3n) is 3.18. The minimum Gasteiger partial charge on any atom is -0.288 e. The fourth-order valence-electron chi connectivity index (χ4n) is 1.87. The molecule has 0 atom stereocenters. The van der Waals surface area contributed by atoms with E-state index in [-0.39, 0.29) is 11.1 Å². The Labute approximate surface area is 137 Å². The maximum Gasteiger partial charge on any atom is 0.416 e. The van der Waals surface area contributed by atoms with Gasteiger partial charge < -0.3 is 0 Å². The van der Waals surface area contributed by atoms with Crippen LogP contribution in [0.4, 0.5) is 26.3 Å². The van der Waals surface area contributed by atoms with Gasteiger partial charge >= 0.3 is 12.4 Å². The molecule has 0 radical (unpaired) electrons. The number of rotatable bonds is 2. The molecule has 0 aromatic heterocycles. The fourth-order valence-corrected chi connectivity index (χ4v) is 1.87. The zero-order valence-corrected chi connectivity index (χ0v) is 12.2. The molecule has 0 fully saturated rings. The molecule has 1 N–H and O–H groups in total. The first kappa shape index (κ1) is 18.5. The van der Waals surface area contributed by atoms with Crippen molar-refractivity contribution in [1.82, 2.24) is 5.32 Å². The van der Waals surface area contributed by atoms with Crippen molar-refractivity contribution in [2.24, 2.45) is 0 Å². The molecular weight excluding hydrogens is 352 g/mol. The average Bonchev–Trinajstić information content (AvgIpc) is 2.53. The van der Waals surface area contributed by atoms with Gasteiger partial charge in [-0.15, -0.1) is 0 Å². The van der Waals surface area contributed by atoms with Gasteiger partial charge in [-0.05, 0) is 48.5 Å². The predicted molar refractivity (Wildman–Crippen MR) is 74.7 cm³/mol. The largest absolute Gasteiger partial charge is 0.416 e. The first-order chi connectivity index (χ1) is 11.5. The van der Waals surface area contributed by atoms with Crippen molar-refractivity contribution in [2.45, 2.75) is 12.4 Å². The number of hydrogen-bond acceptors (Lipinski definition) is 2. The van der Waals surface area contributed by atoms with Crippen molar-refractivity contribution < 1.29 is 35.9 Å². The van der Waals surface area contributed by atoms with Crippen LogP contribution in [0.15, 0.2) is 48.5 Å². The molecule has 25 heavy (non-hydrogen) atoms. The summed E-state index contributed by atoms with van der Waals surface area (Å²) in [5.74, 6) is -1.95. The second-order valence-corrected chi connectivity index (χ2v) is 4.93. The van der Waals surface area contributed by atoms with Crippen molar-refractivity contribution in [3.05, 3.63) is 70.8 Å². The highest BCUT2D eigenvalue weighted by Gasteiger charge is 2.31. The first-order valence-corrected chi connectivity index (χ1v) is 6.68. The Morgan fingerprint density at radius 1 is 0.600 bits per heavy atom. The lowest BCUT2D eigenvalue weighted by Gasteiger charge is -2.09. The minimum absolute atomic E-state index is 0.201. The molecule has 0 spiro atoms. The van der Waals surface area contributed by atoms with Crippen LogP contribution in [-0.2, 0) is 12.4 Å². The Hall–Kier alpha value is -2.84. The number of imide groups is 1. The highest BCUT2D eigenvalue weighted by atomic mass is 19.4. The summed E-state index contributed by atoms with van der Waals surface area (Å²) in [4.78, 5) is 23.6. The highest BCUT2D eigenvalue weighted by Crippen LogP contribution is 2.30. The van der Waals surface area contributed by atoms with E-state index >= 15 is 0 Å². The van der Waals surface area contributed by atoms with Crippen LogP contribution in [-0.4, -0.2) is 11.8 Å². The number of benzene rings is 2. The smallest absolute Gasteiger partial charge is 0.288 e. The second-order valence-electron chi connectivity index (χ2n) is 4.93. The van der Waals surface area contributed by atoms with Crippen molar-refractivity contribution >= 4 is 11.8 Å². The van der Waals surface area contributed by atoms with Crippen molar-refractivity contribution in [1.29, 1.82) is 0 Å². The van der Waals surface area contributed by atoms with E-state index in [1.165, 1.54) is 0 Å². The van der Waals surface area contributed by atoms with Crippen LogP contribution < -0.4 is 5.32 Å². The molecule has 0 aliphatic heterocycles. The number of carbonyl (C=O) groups is 2. The summed E-state index contributed by atoms with van der Waals surface area (Å²) in [6, 6.07) is 6.26. The molecule has 2 aromatic carbocycles. The summed E-state index contributed by atoms with van der Waals surface area (Å²) in [6.07, 6.45) is -9.13. The summed E-state index contributed by atoms with van der Waals surface area (Å²) in [6.45, 7) is 0. The molecule has 0 saturated carbocycles. The van der Waals surface area contributed by atoms with Gasteiger partial charge in [-0.1, -0.05) is 0 Å². The normalized spacial score (nSPS) is 11.9. The molecule has 0 saturated heterocycles. The van der Waals surface area contributed by atoms with Crippen molar-refractivity contribution in [2.75, 3.05) is 0 Å². The van der Waals surface area contributed by atoms with Gasteiger partial charge in [0.1, 0.15) is 0 Å². The van der Waals surface area contributed by atoms with E-state index in [0.29, 0.717) is 24.3 Å². The molecule has 0 aliphatic rings. The number of alkyl halides is 6. The molecule has 0 heterocycles. The van der Waals surface area contributed by atoms with E-state index in [9.17, 15) is 35.9 Å². The van der Waals surface area contributed by atoms with E-state index in [4.69, 9.17) is 0 Å². The van der Waals surface area contributed by atoms with Crippen LogP contribution in [0.5, 0.6) is 0 Å². The molecule has 9 heteroatoms. The number of hydrogen-bond donors (Lipinski definition) is 1. The van der Waals surface area contributed by atoms with Crippen LogP contribution >= 0.6 is 0 Å². The molecule has 2 amide bonds. The topological polar surface area (TPSA) is 46.2 Å². The Kier molecular flexibility index (Phi) is 4.87. The van der Waals surface area contributed by atoms with Crippen molar-refractivity contribution in [3.63, 3.8) is 0 Å². The zero-order chi connectivity index (χ0) is 18.8. The SMILES string of the molecule is O=C(NC(=O)c1ccc(C(F)(F)F)cc1)c1ccc(C(F)(F)F)cc1. The molecular formula is C16H9F6NO2. The van der Waals surface area contributed by atoms with Crippen LogP contribution in [0.1, 0.15) is 31.8 Å². The second kappa shape index (κ2) is 6.58. The van der Waals surface area contributed by atoms with Gasteiger partial charge in [0.2, 0.25) is 0 Å². The van der Waals surface area contributed by atoms with Crippen molar-refractivity contribution in [3.8, 4) is 0 Å². The van der Waals surface area contributed by atoms with Gasteiger partial charge in [0.15, 0.2) is 0 Å². The molecule has 132 valence electrons. The van der Waals surface area contributed by atoms with Crippen LogP contribution in [0.25, 0.3) is 0 Å².